The van der Waals surface area contributed by atoms with Gasteiger partial charge >= 0.3 is 6.09 Å². The molecule has 33 heavy (non-hydrogen) atoms. The van der Waals surface area contributed by atoms with Crippen molar-refractivity contribution >= 4 is 24.0 Å². The Balaban J connectivity index is 1.82. The minimum Gasteiger partial charge on any atom is -0.497 e. The van der Waals surface area contributed by atoms with Gasteiger partial charge in [-0.2, -0.15) is 4.99 Å². The Morgan fingerprint density at radius 2 is 1.55 bits per heavy atom. The fourth-order valence-electron chi connectivity index (χ4n) is 3.82. The maximum Gasteiger partial charge on any atom is 0.418 e. The molecule has 1 saturated heterocycles. The Bertz CT molecular complexity index is 1210. The Labute approximate surface area is 191 Å². The van der Waals surface area contributed by atoms with E-state index in [4.69, 9.17) is 4.74 Å². The van der Waals surface area contributed by atoms with Gasteiger partial charge in [0.05, 0.1) is 18.8 Å². The molecule has 0 spiro atoms. The van der Waals surface area contributed by atoms with E-state index in [1.165, 1.54) is 0 Å². The second-order valence-electron chi connectivity index (χ2n) is 7.47. The third kappa shape index (κ3) is 4.48. The van der Waals surface area contributed by atoms with Gasteiger partial charge in [0.2, 0.25) is 5.96 Å². The van der Waals surface area contributed by atoms with Crippen LogP contribution in [0.1, 0.15) is 27.5 Å². The van der Waals surface area contributed by atoms with E-state index in [0.717, 1.165) is 16.0 Å². The number of ether oxygens (including phenoxy) is 1. The van der Waals surface area contributed by atoms with Crippen LogP contribution in [0.3, 0.4) is 0 Å². The van der Waals surface area contributed by atoms with Crippen LogP contribution < -0.4 is 4.74 Å². The first kappa shape index (κ1) is 21.8. The van der Waals surface area contributed by atoms with Crippen LogP contribution in [0.5, 0.6) is 5.75 Å². The molecular formula is C26H23N3O4. The van der Waals surface area contributed by atoms with Gasteiger partial charge in [0.25, 0.3) is 5.91 Å². The molecule has 7 nitrogen and oxygen atoms in total. The molecule has 3 aromatic carbocycles. The number of carboxylic acid groups (broad SMARTS) is 1. The lowest BCUT2D eigenvalue weighted by molar-refractivity contribution is 0.100. The zero-order valence-corrected chi connectivity index (χ0v) is 18.3. The summed E-state index contributed by atoms with van der Waals surface area (Å²) >= 11 is 0. The van der Waals surface area contributed by atoms with Crippen LogP contribution in [0.15, 0.2) is 95.6 Å². The summed E-state index contributed by atoms with van der Waals surface area (Å²) in [7, 11) is 3.28. The molecule has 166 valence electrons. The van der Waals surface area contributed by atoms with E-state index in [1.807, 2.05) is 66.7 Å². The Hall–Kier alpha value is -4.39. The second-order valence-corrected chi connectivity index (χ2v) is 7.47. The molecule has 1 heterocycles. The summed E-state index contributed by atoms with van der Waals surface area (Å²) in [6.45, 7) is 0. The fraction of sp³-hybridized carbons (Fsp3) is 0.115. The summed E-state index contributed by atoms with van der Waals surface area (Å²) in [6.07, 6.45) is 0.589. The average molecular weight is 441 g/mol. The van der Waals surface area contributed by atoms with Crippen LogP contribution in [0.25, 0.3) is 6.08 Å². The zero-order chi connectivity index (χ0) is 23.4. The zero-order valence-electron chi connectivity index (χ0n) is 18.3. The summed E-state index contributed by atoms with van der Waals surface area (Å²) in [4.78, 5) is 32.3. The van der Waals surface area contributed by atoms with Crippen LogP contribution in [0, 0.1) is 0 Å². The summed E-state index contributed by atoms with van der Waals surface area (Å²) in [5, 5.41) is 10.1. The number of guanidine groups is 1. The number of hydrogen-bond donors (Lipinski definition) is 1. The molecule has 7 heteroatoms. The molecule has 1 atom stereocenters. The normalized spacial score (nSPS) is 18.1. The van der Waals surface area contributed by atoms with Gasteiger partial charge < -0.3 is 14.7 Å². The summed E-state index contributed by atoms with van der Waals surface area (Å²) < 4.78 is 5.13. The highest BCUT2D eigenvalue weighted by molar-refractivity contribution is 6.08. The van der Waals surface area contributed by atoms with Crippen molar-refractivity contribution in [2.45, 2.75) is 6.04 Å². The monoisotopic (exact) mass is 441 g/mol. The molecule has 2 amide bonds. The number of likely N-dealkylation sites (N-methyl/N-ethyl adjacent to an activating group) is 1. The molecule has 3 aromatic rings. The Kier molecular flexibility index (Phi) is 6.22. The lowest BCUT2D eigenvalue weighted by atomic mass is 10.0. The van der Waals surface area contributed by atoms with Gasteiger partial charge in [-0.05, 0) is 41.5 Å². The number of rotatable bonds is 4. The quantitative estimate of drug-likeness (QED) is 0.623. The van der Waals surface area contributed by atoms with Crippen molar-refractivity contribution in [1.29, 1.82) is 0 Å². The molecule has 0 bridgehead atoms. The number of carbonyl (C=O) groups excluding carboxylic acids is 1. The number of hydrogen-bond acceptors (Lipinski definition) is 3. The number of aliphatic imine (C=N–C) groups is 1. The smallest absolute Gasteiger partial charge is 0.418 e. The van der Waals surface area contributed by atoms with Gasteiger partial charge in [0, 0.05) is 12.6 Å². The first-order chi connectivity index (χ1) is 16.0. The van der Waals surface area contributed by atoms with Gasteiger partial charge in [0.15, 0.2) is 0 Å². The van der Waals surface area contributed by atoms with E-state index < -0.39 is 18.0 Å². The van der Waals surface area contributed by atoms with Gasteiger partial charge in [-0.25, -0.2) is 9.69 Å². The van der Waals surface area contributed by atoms with E-state index in [0.29, 0.717) is 17.0 Å². The van der Waals surface area contributed by atoms with Gasteiger partial charge in [-0.1, -0.05) is 60.7 Å². The Morgan fingerprint density at radius 1 is 0.939 bits per heavy atom. The van der Waals surface area contributed by atoms with E-state index in [9.17, 15) is 14.7 Å². The van der Waals surface area contributed by atoms with Crippen molar-refractivity contribution in [1.82, 2.24) is 9.80 Å². The minimum atomic E-state index is -1.22. The molecule has 1 N–H and O–H groups in total. The topological polar surface area (TPSA) is 82.4 Å². The van der Waals surface area contributed by atoms with E-state index >= 15 is 0 Å². The maximum atomic E-state index is 12.9. The third-order valence-corrected chi connectivity index (χ3v) is 5.40. The van der Waals surface area contributed by atoms with Crippen LogP contribution in [0.2, 0.25) is 0 Å². The number of methoxy groups -OCH3 is 1. The predicted octanol–water partition coefficient (Wildman–Crippen LogP) is 4.90. The van der Waals surface area contributed by atoms with Crippen molar-refractivity contribution in [2.24, 2.45) is 4.99 Å². The minimum absolute atomic E-state index is 0.0411. The Morgan fingerprint density at radius 3 is 2.12 bits per heavy atom. The highest BCUT2D eigenvalue weighted by atomic mass is 16.5. The maximum absolute atomic E-state index is 12.9. The van der Waals surface area contributed by atoms with Crippen LogP contribution >= 0.6 is 0 Å². The van der Waals surface area contributed by atoms with Crippen LogP contribution in [-0.4, -0.2) is 47.0 Å². The van der Waals surface area contributed by atoms with E-state index in [2.05, 4.69) is 4.99 Å². The van der Waals surface area contributed by atoms with Crippen LogP contribution in [-0.2, 0) is 0 Å². The molecule has 1 aliphatic heterocycles. The van der Waals surface area contributed by atoms with Gasteiger partial charge in [-0.3, -0.25) is 4.79 Å². The highest BCUT2D eigenvalue weighted by Gasteiger charge is 2.43. The predicted molar refractivity (Wildman–Crippen MR) is 126 cm³/mol. The summed E-state index contributed by atoms with van der Waals surface area (Å²) in [5.74, 6) is 0.111. The summed E-state index contributed by atoms with van der Waals surface area (Å²) in [5.41, 5.74) is 2.55. The first-order valence-electron chi connectivity index (χ1n) is 10.3. The molecule has 4 rings (SSSR count). The number of carbonyl (C=O) groups is 2. The van der Waals surface area contributed by atoms with Crippen molar-refractivity contribution in [3.8, 4) is 5.75 Å². The average Bonchev–Trinajstić information content (AvgIpc) is 3.11. The van der Waals surface area contributed by atoms with Gasteiger partial charge in [-0.15, -0.1) is 0 Å². The lowest BCUT2D eigenvalue weighted by Gasteiger charge is -2.20. The lowest BCUT2D eigenvalue weighted by Crippen LogP contribution is -2.35. The standard InChI is InChI=1S/C26H23N3O4/c1-28-23(19-11-7-4-8-12-19)22(17-18-9-5-3-6-10-18)29(26(31)32)25(28)27-24(30)20-13-15-21(33-2)16-14-20/h3-17,23H,1-2H3,(H,31,32). The molecular weight excluding hydrogens is 418 g/mol. The second kappa shape index (κ2) is 9.40. The van der Waals surface area contributed by atoms with E-state index in [-0.39, 0.29) is 5.96 Å². The largest absolute Gasteiger partial charge is 0.497 e. The van der Waals surface area contributed by atoms with Crippen molar-refractivity contribution in [2.75, 3.05) is 14.2 Å². The highest BCUT2D eigenvalue weighted by Crippen LogP contribution is 2.38. The van der Waals surface area contributed by atoms with Crippen molar-refractivity contribution in [3.63, 3.8) is 0 Å². The number of benzene rings is 3. The number of amides is 2. The van der Waals surface area contributed by atoms with Gasteiger partial charge in [0.1, 0.15) is 5.75 Å². The molecule has 1 unspecified atom stereocenters. The fourth-order valence-corrected chi connectivity index (χ4v) is 3.82. The molecule has 0 aromatic heterocycles. The molecule has 1 fully saturated rings. The van der Waals surface area contributed by atoms with E-state index in [1.54, 1.807) is 43.3 Å². The van der Waals surface area contributed by atoms with Crippen molar-refractivity contribution in [3.05, 3.63) is 107 Å². The summed E-state index contributed by atoms with van der Waals surface area (Å²) in [6, 6.07) is 25.1. The molecule has 1 aliphatic rings. The SMILES string of the molecule is COc1ccc(C(=O)N=C2N(C(=O)O)C(=Cc3ccccc3)C(c3ccccc3)N2C)cc1. The molecule has 0 radical (unpaired) electrons. The van der Waals surface area contributed by atoms with Crippen molar-refractivity contribution < 1.29 is 19.4 Å². The first-order valence-corrected chi connectivity index (χ1v) is 10.3. The number of nitrogens with zero attached hydrogens (tertiary/aromatic N) is 3. The molecule has 0 aliphatic carbocycles. The third-order valence-electron chi connectivity index (χ3n) is 5.40. The van der Waals surface area contributed by atoms with Crippen LogP contribution in [0.4, 0.5) is 4.79 Å². The molecule has 0 saturated carbocycles.